The summed E-state index contributed by atoms with van der Waals surface area (Å²) >= 11 is 0. The van der Waals surface area contributed by atoms with Crippen molar-refractivity contribution in [3.8, 4) is 0 Å². The highest BCUT2D eigenvalue weighted by atomic mass is 32.2. The molecule has 0 amide bonds. The number of aromatic nitrogens is 3. The van der Waals surface area contributed by atoms with Crippen molar-refractivity contribution in [1.82, 2.24) is 14.3 Å². The summed E-state index contributed by atoms with van der Waals surface area (Å²) < 4.78 is 44.8. The van der Waals surface area contributed by atoms with Gasteiger partial charge in [0.2, 0.25) is 0 Å². The lowest BCUT2D eigenvalue weighted by atomic mass is 10.2. The Bertz CT molecular complexity index is 840. The van der Waals surface area contributed by atoms with E-state index in [1.807, 2.05) is 6.92 Å². The molecule has 1 atom stereocenters. The van der Waals surface area contributed by atoms with Gasteiger partial charge in [0.25, 0.3) is 10.1 Å². The highest BCUT2D eigenvalue weighted by Crippen LogP contribution is 2.14. The van der Waals surface area contributed by atoms with Gasteiger partial charge >= 0.3 is 5.69 Å². The van der Waals surface area contributed by atoms with Gasteiger partial charge in [-0.3, -0.25) is 8.75 Å². The summed E-state index contributed by atoms with van der Waals surface area (Å²) in [5.74, 6) is 0.440. The van der Waals surface area contributed by atoms with Gasteiger partial charge in [-0.2, -0.15) is 13.5 Å². The van der Waals surface area contributed by atoms with Crippen LogP contribution in [0.1, 0.15) is 11.4 Å². The molecular weight excluding hydrogens is 325 g/mol. The normalized spacial score (nSPS) is 13.2. The molecule has 1 aromatic carbocycles. The van der Waals surface area contributed by atoms with Gasteiger partial charge in [-0.05, 0) is 26.0 Å². The van der Waals surface area contributed by atoms with Gasteiger partial charge < -0.3 is 0 Å². The van der Waals surface area contributed by atoms with Crippen LogP contribution in [0, 0.1) is 13.8 Å². The van der Waals surface area contributed by atoms with Crippen molar-refractivity contribution in [3.05, 3.63) is 46.1 Å². The molecule has 0 radical (unpaired) electrons. The van der Waals surface area contributed by atoms with Crippen molar-refractivity contribution in [1.29, 1.82) is 0 Å². The van der Waals surface area contributed by atoms with Crippen LogP contribution in [-0.4, -0.2) is 35.5 Å². The highest BCUT2D eigenvalue weighted by molar-refractivity contribution is 7.86. The summed E-state index contributed by atoms with van der Waals surface area (Å²) in [5, 5.41) is 3.88. The van der Waals surface area contributed by atoms with Crippen LogP contribution in [0.15, 0.2) is 34.0 Å². The van der Waals surface area contributed by atoms with Gasteiger partial charge in [0.05, 0.1) is 18.0 Å². The van der Waals surface area contributed by atoms with E-state index in [0.29, 0.717) is 5.82 Å². The smallest absolute Gasteiger partial charge is 0.282 e. The van der Waals surface area contributed by atoms with E-state index in [1.165, 1.54) is 23.7 Å². The molecule has 0 N–H and O–H groups in total. The zero-order chi connectivity index (χ0) is 17.2. The van der Waals surface area contributed by atoms with Crippen LogP contribution in [0.5, 0.6) is 0 Å². The first kappa shape index (κ1) is 17.4. The van der Waals surface area contributed by atoms with E-state index >= 15 is 0 Å². The summed E-state index contributed by atoms with van der Waals surface area (Å²) in [5.41, 5.74) is 0.434. The lowest BCUT2D eigenvalue weighted by Crippen LogP contribution is -2.29. The standard InChI is InChI=1S/C14H18FN3O4S/c1-10-4-6-13(7-5-10)23(20,21)22-9-12(15)8-18-14(19)17(3)11(2)16-18/h4-7,12H,8-9H2,1-3H3. The van der Waals surface area contributed by atoms with Crippen LogP contribution >= 0.6 is 0 Å². The zero-order valence-electron chi connectivity index (χ0n) is 13.1. The number of halogens is 1. The van der Waals surface area contributed by atoms with E-state index in [2.05, 4.69) is 5.10 Å². The minimum absolute atomic E-state index is 0.0406. The first-order chi connectivity index (χ1) is 10.7. The van der Waals surface area contributed by atoms with Crippen LogP contribution in [-0.2, 0) is 27.9 Å². The van der Waals surface area contributed by atoms with Crippen LogP contribution in [0.2, 0.25) is 0 Å². The van der Waals surface area contributed by atoms with Crippen molar-refractivity contribution < 1.29 is 17.0 Å². The van der Waals surface area contributed by atoms with Crippen molar-refractivity contribution >= 4 is 10.1 Å². The number of rotatable bonds is 6. The lowest BCUT2D eigenvalue weighted by Gasteiger charge is -2.09. The largest absolute Gasteiger partial charge is 0.345 e. The van der Waals surface area contributed by atoms with E-state index in [4.69, 9.17) is 4.18 Å². The van der Waals surface area contributed by atoms with Crippen molar-refractivity contribution in [3.63, 3.8) is 0 Å². The maximum absolute atomic E-state index is 13.9. The monoisotopic (exact) mass is 343 g/mol. The molecule has 0 aliphatic carbocycles. The minimum Gasteiger partial charge on any atom is -0.282 e. The molecule has 0 saturated heterocycles. The third-order valence-electron chi connectivity index (χ3n) is 3.34. The van der Waals surface area contributed by atoms with Gasteiger partial charge in [-0.1, -0.05) is 17.7 Å². The van der Waals surface area contributed by atoms with Gasteiger partial charge in [0.1, 0.15) is 12.0 Å². The predicted molar refractivity (Wildman–Crippen MR) is 81.4 cm³/mol. The molecule has 2 aromatic rings. The number of alkyl halides is 1. The van der Waals surface area contributed by atoms with E-state index < -0.39 is 28.6 Å². The molecule has 0 saturated carbocycles. The second-order valence-electron chi connectivity index (χ2n) is 5.22. The summed E-state index contributed by atoms with van der Waals surface area (Å²) in [6.45, 7) is 2.38. The second kappa shape index (κ2) is 6.63. The molecule has 7 nitrogen and oxygen atoms in total. The Morgan fingerprint density at radius 3 is 2.39 bits per heavy atom. The highest BCUT2D eigenvalue weighted by Gasteiger charge is 2.20. The molecular formula is C14H18FN3O4S. The number of benzene rings is 1. The third-order valence-corrected chi connectivity index (χ3v) is 4.64. The molecule has 126 valence electrons. The Morgan fingerprint density at radius 1 is 1.26 bits per heavy atom. The first-order valence-electron chi connectivity index (χ1n) is 6.91. The SMILES string of the molecule is Cc1ccc(S(=O)(=O)OCC(F)Cn2nc(C)n(C)c2=O)cc1. The molecule has 1 heterocycles. The summed E-state index contributed by atoms with van der Waals surface area (Å²) in [7, 11) is -2.51. The van der Waals surface area contributed by atoms with E-state index in [9.17, 15) is 17.6 Å². The van der Waals surface area contributed by atoms with Gasteiger partial charge in [0, 0.05) is 7.05 Å². The van der Waals surface area contributed by atoms with Crippen LogP contribution < -0.4 is 5.69 Å². The summed E-state index contributed by atoms with van der Waals surface area (Å²) in [6, 6.07) is 6.04. The van der Waals surface area contributed by atoms with E-state index in [-0.39, 0.29) is 11.4 Å². The maximum atomic E-state index is 13.9. The molecule has 0 aliphatic rings. The van der Waals surface area contributed by atoms with E-state index in [0.717, 1.165) is 10.2 Å². The quantitative estimate of drug-likeness (QED) is 0.729. The topological polar surface area (TPSA) is 83.2 Å². The molecule has 1 aromatic heterocycles. The molecule has 1 unspecified atom stereocenters. The van der Waals surface area contributed by atoms with E-state index in [1.54, 1.807) is 19.1 Å². The number of hydrogen-bond acceptors (Lipinski definition) is 5. The van der Waals surface area contributed by atoms with Crippen molar-refractivity contribution in [2.24, 2.45) is 7.05 Å². The summed E-state index contributed by atoms with van der Waals surface area (Å²) in [6.07, 6.45) is -1.68. The average molecular weight is 343 g/mol. The summed E-state index contributed by atoms with van der Waals surface area (Å²) in [4.78, 5) is 11.7. The molecule has 9 heteroatoms. The molecule has 2 rings (SSSR count). The number of nitrogens with zero attached hydrogens (tertiary/aromatic N) is 3. The fourth-order valence-corrected chi connectivity index (χ4v) is 2.82. The van der Waals surface area contributed by atoms with Crippen molar-refractivity contribution in [2.45, 2.75) is 31.5 Å². The molecule has 23 heavy (non-hydrogen) atoms. The van der Waals surface area contributed by atoms with Crippen LogP contribution in [0.25, 0.3) is 0 Å². The number of aryl methyl sites for hydroxylation is 2. The van der Waals surface area contributed by atoms with Gasteiger partial charge in [-0.25, -0.2) is 13.9 Å². The molecule has 0 spiro atoms. The van der Waals surface area contributed by atoms with Gasteiger partial charge in [-0.15, -0.1) is 0 Å². The Kier molecular flexibility index (Phi) is 5.00. The Hall–Kier alpha value is -2.00. The fraction of sp³-hybridized carbons (Fsp3) is 0.429. The van der Waals surface area contributed by atoms with Crippen molar-refractivity contribution in [2.75, 3.05) is 6.61 Å². The lowest BCUT2D eigenvalue weighted by molar-refractivity contribution is 0.177. The number of hydrogen-bond donors (Lipinski definition) is 0. The first-order valence-corrected chi connectivity index (χ1v) is 8.32. The second-order valence-corrected chi connectivity index (χ2v) is 6.84. The Labute approximate surface area is 133 Å². The van der Waals surface area contributed by atoms with Crippen LogP contribution in [0.3, 0.4) is 0 Å². The maximum Gasteiger partial charge on any atom is 0.345 e. The Balaban J connectivity index is 2.00. The fourth-order valence-electron chi connectivity index (χ4n) is 1.89. The van der Waals surface area contributed by atoms with Crippen LogP contribution in [0.4, 0.5) is 4.39 Å². The van der Waals surface area contributed by atoms with Gasteiger partial charge in [0.15, 0.2) is 0 Å². The molecule has 0 aliphatic heterocycles. The zero-order valence-corrected chi connectivity index (χ0v) is 13.9. The Morgan fingerprint density at radius 2 is 1.87 bits per heavy atom. The molecule has 0 fully saturated rings. The average Bonchev–Trinajstić information content (AvgIpc) is 2.73. The predicted octanol–water partition coefficient (Wildman–Crippen LogP) is 0.942. The third kappa shape index (κ3) is 4.05. The minimum atomic E-state index is -4.03. The molecule has 0 bridgehead atoms.